The molecule has 0 heterocycles. The van der Waals surface area contributed by atoms with Gasteiger partial charge in [0.15, 0.2) is 0 Å². The summed E-state index contributed by atoms with van der Waals surface area (Å²) < 4.78 is 13.1. The van der Waals surface area contributed by atoms with Gasteiger partial charge < -0.3 is 20.5 Å². The van der Waals surface area contributed by atoms with Gasteiger partial charge >= 0.3 is 13.1 Å². The molecule has 0 aliphatic heterocycles. The third-order valence-corrected chi connectivity index (χ3v) is 1.94. The number of carboxylic acid groups (broad SMARTS) is 1. The fourth-order valence-corrected chi connectivity index (χ4v) is 1.14. The van der Waals surface area contributed by atoms with E-state index in [1.54, 1.807) is 0 Å². The fraction of sp³-hybridized carbons (Fsp3) is 0.111. The molecule has 0 atom stereocenters. The predicted octanol–water partition coefficient (Wildman–Crippen LogP) is -1.68. The molecule has 0 saturated carbocycles. The van der Waals surface area contributed by atoms with E-state index in [4.69, 9.17) is 15.2 Å². The van der Waals surface area contributed by atoms with Crippen molar-refractivity contribution in [3.05, 3.63) is 29.6 Å². The molecule has 1 aromatic carbocycles. The number of halogens is 1. The van der Waals surface area contributed by atoms with Gasteiger partial charge in [0, 0.05) is 11.0 Å². The van der Waals surface area contributed by atoms with Gasteiger partial charge in [-0.15, -0.1) is 0 Å². The topological polar surface area (TPSA) is 107 Å². The molecule has 6 nitrogen and oxygen atoms in total. The van der Waals surface area contributed by atoms with E-state index in [0.29, 0.717) is 0 Å². The highest BCUT2D eigenvalue weighted by molar-refractivity contribution is 6.58. The van der Waals surface area contributed by atoms with Crippen molar-refractivity contribution >= 4 is 24.5 Å². The van der Waals surface area contributed by atoms with Crippen LogP contribution in [0.25, 0.3) is 0 Å². The maximum Gasteiger partial charge on any atom is 0.491 e. The van der Waals surface area contributed by atoms with Crippen molar-refractivity contribution in [2.45, 2.75) is 0 Å². The lowest BCUT2D eigenvalue weighted by Crippen LogP contribution is -2.35. The van der Waals surface area contributed by atoms with Crippen molar-refractivity contribution in [2.75, 3.05) is 6.54 Å². The molecule has 1 rings (SSSR count). The average molecular weight is 241 g/mol. The molecule has 90 valence electrons. The molecule has 1 amide bonds. The minimum Gasteiger partial charge on any atom is -0.480 e. The fourth-order valence-electron chi connectivity index (χ4n) is 1.14. The lowest BCUT2D eigenvalue weighted by Gasteiger charge is -2.06. The number of nitrogens with one attached hydrogen (secondary N) is 1. The first-order valence-corrected chi connectivity index (χ1v) is 4.57. The second-order valence-electron chi connectivity index (χ2n) is 3.19. The van der Waals surface area contributed by atoms with Gasteiger partial charge in [0.05, 0.1) is 0 Å². The summed E-state index contributed by atoms with van der Waals surface area (Å²) in [6, 6.07) is 2.94. The Morgan fingerprint density at radius 1 is 1.35 bits per heavy atom. The van der Waals surface area contributed by atoms with Gasteiger partial charge in [0.25, 0.3) is 5.91 Å². The first-order chi connectivity index (χ1) is 7.91. The molecule has 17 heavy (non-hydrogen) atoms. The van der Waals surface area contributed by atoms with E-state index in [1.807, 2.05) is 0 Å². The molecular formula is C9H9BFNO5. The summed E-state index contributed by atoms with van der Waals surface area (Å²) in [6.45, 7) is -0.576. The van der Waals surface area contributed by atoms with Crippen molar-refractivity contribution in [3.8, 4) is 0 Å². The maximum atomic E-state index is 13.1. The van der Waals surface area contributed by atoms with E-state index in [9.17, 15) is 14.0 Å². The van der Waals surface area contributed by atoms with Gasteiger partial charge in [-0.1, -0.05) is 0 Å². The maximum absolute atomic E-state index is 13.1. The van der Waals surface area contributed by atoms with E-state index in [-0.39, 0.29) is 5.56 Å². The molecule has 0 aliphatic carbocycles. The number of hydrogen-bond acceptors (Lipinski definition) is 4. The van der Waals surface area contributed by atoms with E-state index < -0.39 is 36.8 Å². The Labute approximate surface area is 95.8 Å². The molecule has 0 fully saturated rings. The second-order valence-corrected chi connectivity index (χ2v) is 3.19. The molecule has 4 N–H and O–H groups in total. The molecular weight excluding hydrogens is 232 g/mol. The summed E-state index contributed by atoms with van der Waals surface area (Å²) in [5.74, 6) is -2.83. The Bertz CT molecular complexity index is 451. The van der Waals surface area contributed by atoms with E-state index in [0.717, 1.165) is 18.2 Å². The van der Waals surface area contributed by atoms with Gasteiger partial charge in [-0.05, 0) is 18.2 Å². The van der Waals surface area contributed by atoms with Crippen LogP contribution in [0.1, 0.15) is 10.4 Å². The number of rotatable bonds is 4. The van der Waals surface area contributed by atoms with Crippen molar-refractivity contribution in [1.82, 2.24) is 5.32 Å². The number of amides is 1. The lowest BCUT2D eigenvalue weighted by molar-refractivity contribution is -0.135. The number of hydrogen-bond donors (Lipinski definition) is 4. The van der Waals surface area contributed by atoms with Crippen molar-refractivity contribution in [1.29, 1.82) is 0 Å². The lowest BCUT2D eigenvalue weighted by atomic mass is 9.79. The predicted molar refractivity (Wildman–Crippen MR) is 56.2 cm³/mol. The molecule has 1 aromatic rings. The number of carbonyl (C=O) groups excluding carboxylic acids is 1. The minimum absolute atomic E-state index is 0.0595. The summed E-state index contributed by atoms with van der Waals surface area (Å²) in [6.07, 6.45) is 0. The van der Waals surface area contributed by atoms with Gasteiger partial charge in [-0.2, -0.15) is 0 Å². The molecule has 8 heteroatoms. The highest BCUT2D eigenvalue weighted by Gasteiger charge is 2.18. The van der Waals surface area contributed by atoms with Gasteiger partial charge in [-0.3, -0.25) is 9.59 Å². The van der Waals surface area contributed by atoms with Crippen LogP contribution in [0, 0.1) is 5.82 Å². The monoisotopic (exact) mass is 241 g/mol. The van der Waals surface area contributed by atoms with Crippen LogP contribution in [0.2, 0.25) is 0 Å². The van der Waals surface area contributed by atoms with Crippen LogP contribution in [0.15, 0.2) is 18.2 Å². The van der Waals surface area contributed by atoms with Crippen LogP contribution in [-0.4, -0.2) is 40.7 Å². The first-order valence-electron chi connectivity index (χ1n) is 4.57. The molecule has 0 spiro atoms. The standard InChI is InChI=1S/C9H9BFNO5/c11-7-2-1-5(3-6(7)10(16)17)9(15)12-4-8(13)14/h1-3,16-17H,4H2,(H,12,15)(H,13,14). The van der Waals surface area contributed by atoms with E-state index in [2.05, 4.69) is 5.32 Å². The number of carboxylic acids is 1. The largest absolute Gasteiger partial charge is 0.491 e. The van der Waals surface area contributed by atoms with Crippen LogP contribution in [0.4, 0.5) is 4.39 Å². The number of benzene rings is 1. The van der Waals surface area contributed by atoms with E-state index in [1.165, 1.54) is 0 Å². The smallest absolute Gasteiger partial charge is 0.480 e. The molecule has 0 saturated heterocycles. The van der Waals surface area contributed by atoms with Crippen LogP contribution in [0.3, 0.4) is 0 Å². The van der Waals surface area contributed by atoms with Crippen LogP contribution in [-0.2, 0) is 4.79 Å². The van der Waals surface area contributed by atoms with Crippen molar-refractivity contribution in [2.24, 2.45) is 0 Å². The van der Waals surface area contributed by atoms with Crippen molar-refractivity contribution in [3.63, 3.8) is 0 Å². The van der Waals surface area contributed by atoms with E-state index >= 15 is 0 Å². The normalized spacial score (nSPS) is 9.82. The summed E-state index contributed by atoms with van der Waals surface area (Å²) in [4.78, 5) is 21.6. The molecule has 0 radical (unpaired) electrons. The molecule has 0 aromatic heterocycles. The summed E-state index contributed by atoms with van der Waals surface area (Å²) in [5.41, 5.74) is -0.510. The molecule has 0 unspecified atom stereocenters. The Morgan fingerprint density at radius 3 is 2.53 bits per heavy atom. The third kappa shape index (κ3) is 3.54. The van der Waals surface area contributed by atoms with Crippen LogP contribution in [0.5, 0.6) is 0 Å². The third-order valence-electron chi connectivity index (χ3n) is 1.94. The first kappa shape index (κ1) is 13.1. The zero-order chi connectivity index (χ0) is 13.0. The molecule has 0 bridgehead atoms. The Balaban J connectivity index is 2.88. The SMILES string of the molecule is O=C(O)CNC(=O)c1ccc(F)c(B(O)O)c1. The van der Waals surface area contributed by atoms with Crippen LogP contribution < -0.4 is 10.8 Å². The van der Waals surface area contributed by atoms with Crippen molar-refractivity contribution < 1.29 is 29.1 Å². The number of aliphatic carboxylic acids is 1. The summed E-state index contributed by atoms with van der Waals surface area (Å²) in [5, 5.41) is 28.0. The van der Waals surface area contributed by atoms with Gasteiger partial charge in [0.2, 0.25) is 0 Å². The molecule has 0 aliphatic rings. The van der Waals surface area contributed by atoms with Crippen LogP contribution >= 0.6 is 0 Å². The Morgan fingerprint density at radius 2 is 2.00 bits per heavy atom. The number of carbonyl (C=O) groups is 2. The Hall–Kier alpha value is -1.93. The van der Waals surface area contributed by atoms with Gasteiger partial charge in [-0.25, -0.2) is 4.39 Å². The highest BCUT2D eigenvalue weighted by Crippen LogP contribution is 2.01. The zero-order valence-electron chi connectivity index (χ0n) is 8.55. The van der Waals surface area contributed by atoms with Gasteiger partial charge in [0.1, 0.15) is 12.4 Å². The summed E-state index contributed by atoms with van der Waals surface area (Å²) >= 11 is 0. The zero-order valence-corrected chi connectivity index (χ0v) is 8.55. The minimum atomic E-state index is -2.04. The average Bonchev–Trinajstić information content (AvgIpc) is 2.26. The highest BCUT2D eigenvalue weighted by atomic mass is 19.1. The Kier molecular flexibility index (Phi) is 4.19. The second kappa shape index (κ2) is 5.42. The quantitative estimate of drug-likeness (QED) is 0.471. The summed E-state index contributed by atoms with van der Waals surface area (Å²) in [7, 11) is -2.04.